The SMILES string of the molecule is C/C=C1/CC2C(C)CCC(C)C(=O)N2C1. The summed E-state index contributed by atoms with van der Waals surface area (Å²) < 4.78 is 0. The average Bonchev–Trinajstić information content (AvgIpc) is 2.64. The molecule has 1 amide bonds. The summed E-state index contributed by atoms with van der Waals surface area (Å²) in [5.41, 5.74) is 1.44. The molecule has 2 aliphatic rings. The highest BCUT2D eigenvalue weighted by Crippen LogP contribution is 2.35. The van der Waals surface area contributed by atoms with Crippen molar-refractivity contribution in [3.8, 4) is 0 Å². The molecule has 84 valence electrons. The molecule has 0 N–H and O–H groups in total. The molecular weight excluding hydrogens is 186 g/mol. The Morgan fingerprint density at radius 1 is 1.33 bits per heavy atom. The van der Waals surface area contributed by atoms with Crippen LogP contribution >= 0.6 is 0 Å². The number of fused-ring (bicyclic) bond motifs is 1. The van der Waals surface area contributed by atoms with E-state index in [1.807, 2.05) is 0 Å². The van der Waals surface area contributed by atoms with Crippen molar-refractivity contribution < 1.29 is 4.79 Å². The molecule has 15 heavy (non-hydrogen) atoms. The van der Waals surface area contributed by atoms with Crippen LogP contribution in [0.15, 0.2) is 11.6 Å². The van der Waals surface area contributed by atoms with Gasteiger partial charge in [0.2, 0.25) is 5.91 Å². The van der Waals surface area contributed by atoms with Crippen molar-refractivity contribution in [2.45, 2.75) is 46.1 Å². The van der Waals surface area contributed by atoms with Crippen molar-refractivity contribution in [2.75, 3.05) is 6.54 Å². The Bertz CT molecular complexity index is 295. The summed E-state index contributed by atoms with van der Waals surface area (Å²) in [7, 11) is 0. The molecule has 3 atom stereocenters. The average molecular weight is 207 g/mol. The largest absolute Gasteiger partial charge is 0.335 e. The highest BCUT2D eigenvalue weighted by molar-refractivity contribution is 5.80. The maximum absolute atomic E-state index is 12.1. The zero-order valence-corrected chi connectivity index (χ0v) is 9.99. The van der Waals surface area contributed by atoms with E-state index < -0.39 is 0 Å². The standard InChI is InChI=1S/C13H21NO/c1-4-11-7-12-9(2)5-6-10(3)13(15)14(12)8-11/h4,9-10,12H,5-8H2,1-3H3/b11-4-. The van der Waals surface area contributed by atoms with Gasteiger partial charge in [-0.1, -0.05) is 25.5 Å². The lowest BCUT2D eigenvalue weighted by Crippen LogP contribution is -2.39. The van der Waals surface area contributed by atoms with Gasteiger partial charge in [-0.2, -0.15) is 0 Å². The quantitative estimate of drug-likeness (QED) is 0.559. The Morgan fingerprint density at radius 3 is 2.73 bits per heavy atom. The van der Waals surface area contributed by atoms with E-state index in [1.165, 1.54) is 12.0 Å². The second-order valence-corrected chi connectivity index (χ2v) is 5.14. The fraction of sp³-hybridized carbons (Fsp3) is 0.769. The molecule has 0 bridgehead atoms. The molecule has 0 aliphatic carbocycles. The molecule has 2 aliphatic heterocycles. The number of carbonyl (C=O) groups excluding carboxylic acids is 1. The van der Waals surface area contributed by atoms with Crippen molar-refractivity contribution in [1.82, 2.24) is 4.90 Å². The van der Waals surface area contributed by atoms with Crippen LogP contribution in [0.5, 0.6) is 0 Å². The van der Waals surface area contributed by atoms with Gasteiger partial charge in [0.05, 0.1) is 0 Å². The van der Waals surface area contributed by atoms with Gasteiger partial charge in [-0.25, -0.2) is 0 Å². The summed E-state index contributed by atoms with van der Waals surface area (Å²) >= 11 is 0. The molecule has 0 aromatic heterocycles. The summed E-state index contributed by atoms with van der Waals surface area (Å²) in [5.74, 6) is 1.27. The summed E-state index contributed by atoms with van der Waals surface area (Å²) in [4.78, 5) is 14.3. The van der Waals surface area contributed by atoms with Crippen molar-refractivity contribution in [2.24, 2.45) is 11.8 Å². The van der Waals surface area contributed by atoms with E-state index in [0.717, 1.165) is 19.4 Å². The van der Waals surface area contributed by atoms with Gasteiger partial charge in [0.15, 0.2) is 0 Å². The molecule has 0 radical (unpaired) electrons. The fourth-order valence-corrected chi connectivity index (χ4v) is 2.85. The third-order valence-corrected chi connectivity index (χ3v) is 4.07. The van der Waals surface area contributed by atoms with Crippen LogP contribution in [0.1, 0.15) is 40.0 Å². The molecule has 0 saturated carbocycles. The van der Waals surface area contributed by atoms with Gasteiger partial charge in [0, 0.05) is 18.5 Å². The first kappa shape index (κ1) is 10.7. The predicted octanol–water partition coefficient (Wildman–Crippen LogP) is 2.60. The van der Waals surface area contributed by atoms with Crippen LogP contribution < -0.4 is 0 Å². The number of allylic oxidation sites excluding steroid dienone is 1. The van der Waals surface area contributed by atoms with E-state index in [1.54, 1.807) is 0 Å². The summed E-state index contributed by atoms with van der Waals surface area (Å²) in [5, 5.41) is 0. The Balaban J connectivity index is 2.24. The first-order valence-electron chi connectivity index (χ1n) is 6.08. The van der Waals surface area contributed by atoms with E-state index in [-0.39, 0.29) is 5.92 Å². The third-order valence-electron chi connectivity index (χ3n) is 4.07. The van der Waals surface area contributed by atoms with Crippen LogP contribution in [-0.2, 0) is 4.79 Å². The normalized spacial score (nSPS) is 39.4. The minimum Gasteiger partial charge on any atom is -0.335 e. The van der Waals surface area contributed by atoms with Crippen molar-refractivity contribution in [1.29, 1.82) is 0 Å². The van der Waals surface area contributed by atoms with Gasteiger partial charge < -0.3 is 4.90 Å². The molecule has 0 aromatic carbocycles. The molecule has 2 heterocycles. The van der Waals surface area contributed by atoms with E-state index in [0.29, 0.717) is 17.9 Å². The summed E-state index contributed by atoms with van der Waals surface area (Å²) in [6, 6.07) is 0.480. The van der Waals surface area contributed by atoms with Gasteiger partial charge in [-0.05, 0) is 32.1 Å². The molecule has 2 nitrogen and oxygen atoms in total. The minimum absolute atomic E-state index is 0.230. The number of hydrogen-bond donors (Lipinski definition) is 0. The lowest BCUT2D eigenvalue weighted by molar-refractivity contribution is -0.135. The Labute approximate surface area is 92.3 Å². The first-order chi connectivity index (χ1) is 7.13. The number of hydrogen-bond acceptors (Lipinski definition) is 1. The maximum Gasteiger partial charge on any atom is 0.225 e. The smallest absolute Gasteiger partial charge is 0.225 e. The molecule has 0 aromatic rings. The fourth-order valence-electron chi connectivity index (χ4n) is 2.85. The molecular formula is C13H21NO. The van der Waals surface area contributed by atoms with E-state index in [2.05, 4.69) is 31.7 Å². The Morgan fingerprint density at radius 2 is 2.07 bits per heavy atom. The van der Waals surface area contributed by atoms with Crippen LogP contribution in [0, 0.1) is 11.8 Å². The molecule has 2 fully saturated rings. The Kier molecular flexibility index (Phi) is 2.85. The van der Waals surface area contributed by atoms with E-state index in [9.17, 15) is 4.79 Å². The molecule has 2 rings (SSSR count). The number of nitrogens with zero attached hydrogens (tertiary/aromatic N) is 1. The van der Waals surface area contributed by atoms with Crippen LogP contribution in [0.2, 0.25) is 0 Å². The number of rotatable bonds is 0. The van der Waals surface area contributed by atoms with Crippen molar-refractivity contribution in [3.63, 3.8) is 0 Å². The lowest BCUT2D eigenvalue weighted by atomic mass is 9.93. The van der Waals surface area contributed by atoms with Gasteiger partial charge >= 0.3 is 0 Å². The van der Waals surface area contributed by atoms with Crippen molar-refractivity contribution >= 4 is 5.91 Å². The summed E-state index contributed by atoms with van der Waals surface area (Å²) in [6.45, 7) is 7.33. The van der Waals surface area contributed by atoms with E-state index >= 15 is 0 Å². The van der Waals surface area contributed by atoms with Crippen LogP contribution in [-0.4, -0.2) is 23.4 Å². The predicted molar refractivity (Wildman–Crippen MR) is 61.4 cm³/mol. The zero-order chi connectivity index (χ0) is 11.0. The molecule has 2 heteroatoms. The van der Waals surface area contributed by atoms with Gasteiger partial charge in [0.1, 0.15) is 0 Å². The highest BCUT2D eigenvalue weighted by atomic mass is 16.2. The van der Waals surface area contributed by atoms with Gasteiger partial charge in [-0.3, -0.25) is 4.79 Å². The van der Waals surface area contributed by atoms with Crippen molar-refractivity contribution in [3.05, 3.63) is 11.6 Å². The molecule has 3 unspecified atom stereocenters. The third kappa shape index (κ3) is 1.82. The first-order valence-corrected chi connectivity index (χ1v) is 6.08. The highest BCUT2D eigenvalue weighted by Gasteiger charge is 2.38. The van der Waals surface area contributed by atoms with Crippen LogP contribution in [0.25, 0.3) is 0 Å². The van der Waals surface area contributed by atoms with Crippen LogP contribution in [0.3, 0.4) is 0 Å². The zero-order valence-electron chi connectivity index (χ0n) is 9.99. The number of amides is 1. The summed E-state index contributed by atoms with van der Waals surface area (Å²) in [6.07, 6.45) is 5.55. The lowest BCUT2D eigenvalue weighted by Gasteiger charge is -2.26. The second kappa shape index (κ2) is 3.99. The second-order valence-electron chi connectivity index (χ2n) is 5.14. The van der Waals surface area contributed by atoms with Gasteiger partial charge in [0.25, 0.3) is 0 Å². The van der Waals surface area contributed by atoms with E-state index in [4.69, 9.17) is 0 Å². The molecule has 0 spiro atoms. The minimum atomic E-state index is 0.230. The van der Waals surface area contributed by atoms with Gasteiger partial charge in [-0.15, -0.1) is 0 Å². The number of carbonyl (C=O) groups is 1. The monoisotopic (exact) mass is 207 g/mol. The Hall–Kier alpha value is -0.790. The van der Waals surface area contributed by atoms with Crippen LogP contribution in [0.4, 0.5) is 0 Å². The molecule has 2 saturated heterocycles. The maximum atomic E-state index is 12.1. The topological polar surface area (TPSA) is 20.3 Å².